The summed E-state index contributed by atoms with van der Waals surface area (Å²) >= 11 is 1.35. The van der Waals surface area contributed by atoms with Crippen LogP contribution in [0.2, 0.25) is 0 Å². The minimum Gasteiger partial charge on any atom is -0.325 e. The number of hydrogen-bond acceptors (Lipinski definition) is 4. The highest BCUT2D eigenvalue weighted by Crippen LogP contribution is 2.35. The highest BCUT2D eigenvalue weighted by molar-refractivity contribution is 8.03. The minimum atomic E-state index is -0.495. The van der Waals surface area contributed by atoms with E-state index >= 15 is 0 Å². The Morgan fingerprint density at radius 1 is 1.10 bits per heavy atom. The zero-order valence-corrected chi connectivity index (χ0v) is 18.0. The largest absolute Gasteiger partial charge is 0.328 e. The Bertz CT molecular complexity index is 1070. The Hall–Kier alpha value is -3.13. The number of imide groups is 1. The SMILES string of the molecule is Cc1ccc(CN2C(=O)C3SC=CC3N(CC(=O)Nc3ccc(F)cc3)C2=O)cc1C. The van der Waals surface area contributed by atoms with Crippen molar-refractivity contribution in [2.45, 2.75) is 31.7 Å². The molecule has 4 rings (SSSR count). The monoisotopic (exact) mass is 439 g/mol. The second kappa shape index (κ2) is 8.55. The van der Waals surface area contributed by atoms with Crippen molar-refractivity contribution in [1.82, 2.24) is 9.80 Å². The number of benzene rings is 2. The van der Waals surface area contributed by atoms with Gasteiger partial charge in [0.1, 0.15) is 17.6 Å². The molecule has 2 unspecified atom stereocenters. The summed E-state index contributed by atoms with van der Waals surface area (Å²) in [6.07, 6.45) is 1.78. The second-order valence-electron chi connectivity index (χ2n) is 7.68. The molecule has 2 aromatic rings. The summed E-state index contributed by atoms with van der Waals surface area (Å²) in [4.78, 5) is 41.5. The summed E-state index contributed by atoms with van der Waals surface area (Å²) < 4.78 is 13.1. The minimum absolute atomic E-state index is 0.151. The number of hydrogen-bond donors (Lipinski definition) is 1. The van der Waals surface area contributed by atoms with E-state index in [4.69, 9.17) is 0 Å². The van der Waals surface area contributed by atoms with Gasteiger partial charge in [0.2, 0.25) is 11.8 Å². The Morgan fingerprint density at radius 2 is 1.84 bits per heavy atom. The number of fused-ring (bicyclic) bond motifs is 1. The van der Waals surface area contributed by atoms with Crippen molar-refractivity contribution in [1.29, 1.82) is 0 Å². The number of aryl methyl sites for hydroxylation is 2. The van der Waals surface area contributed by atoms with E-state index in [0.717, 1.165) is 16.7 Å². The number of thioether (sulfide) groups is 1. The quantitative estimate of drug-likeness (QED) is 0.769. The predicted molar refractivity (Wildman–Crippen MR) is 118 cm³/mol. The van der Waals surface area contributed by atoms with Gasteiger partial charge in [-0.3, -0.25) is 14.5 Å². The summed E-state index contributed by atoms with van der Waals surface area (Å²) in [7, 11) is 0. The molecular formula is C23H22FN3O3S. The molecule has 4 amide bonds. The Balaban J connectivity index is 1.53. The van der Waals surface area contributed by atoms with Crippen LogP contribution in [0.25, 0.3) is 0 Å². The van der Waals surface area contributed by atoms with Gasteiger partial charge in [-0.1, -0.05) is 24.3 Å². The summed E-state index contributed by atoms with van der Waals surface area (Å²) in [6.45, 7) is 3.93. The number of carbonyl (C=O) groups excluding carboxylic acids is 3. The van der Waals surface area contributed by atoms with Gasteiger partial charge in [-0.15, -0.1) is 11.8 Å². The van der Waals surface area contributed by atoms with Gasteiger partial charge >= 0.3 is 6.03 Å². The number of rotatable bonds is 5. The molecule has 0 bridgehead atoms. The molecule has 2 atom stereocenters. The maximum Gasteiger partial charge on any atom is 0.328 e. The molecule has 2 aromatic carbocycles. The van der Waals surface area contributed by atoms with Crippen LogP contribution in [0, 0.1) is 19.7 Å². The molecule has 2 aliphatic rings. The van der Waals surface area contributed by atoms with E-state index in [0.29, 0.717) is 5.69 Å². The van der Waals surface area contributed by atoms with Crippen LogP contribution in [0.4, 0.5) is 14.9 Å². The number of nitrogens with zero attached hydrogens (tertiary/aromatic N) is 2. The van der Waals surface area contributed by atoms with Crippen molar-refractivity contribution < 1.29 is 18.8 Å². The maximum absolute atomic E-state index is 13.2. The standard InChI is InChI=1S/C23H22FN3O3S/c1-14-3-4-16(11-15(14)2)12-27-22(29)21-19(9-10-31-21)26(23(27)30)13-20(28)25-18-7-5-17(24)6-8-18/h3-11,19,21H,12-13H2,1-2H3,(H,25,28). The molecule has 160 valence electrons. The lowest BCUT2D eigenvalue weighted by Crippen LogP contribution is -2.62. The Labute approximate surface area is 184 Å². The zero-order valence-electron chi connectivity index (χ0n) is 17.2. The van der Waals surface area contributed by atoms with E-state index in [1.54, 1.807) is 11.5 Å². The lowest BCUT2D eigenvalue weighted by atomic mass is 10.0. The van der Waals surface area contributed by atoms with E-state index in [2.05, 4.69) is 5.32 Å². The van der Waals surface area contributed by atoms with Gasteiger partial charge in [0, 0.05) is 5.69 Å². The van der Waals surface area contributed by atoms with Gasteiger partial charge in [-0.2, -0.15) is 0 Å². The first-order valence-electron chi connectivity index (χ1n) is 9.89. The molecule has 0 spiro atoms. The smallest absolute Gasteiger partial charge is 0.325 e. The summed E-state index contributed by atoms with van der Waals surface area (Å²) in [5.41, 5.74) is 3.51. The predicted octanol–water partition coefficient (Wildman–Crippen LogP) is 3.84. The molecule has 31 heavy (non-hydrogen) atoms. The number of urea groups is 1. The fourth-order valence-electron chi connectivity index (χ4n) is 3.69. The topological polar surface area (TPSA) is 69.7 Å². The number of carbonyl (C=O) groups is 3. The van der Waals surface area contributed by atoms with Crippen LogP contribution in [0.15, 0.2) is 53.9 Å². The third kappa shape index (κ3) is 4.34. The molecule has 0 saturated carbocycles. The van der Waals surface area contributed by atoms with Crippen LogP contribution in [-0.4, -0.2) is 45.5 Å². The van der Waals surface area contributed by atoms with Crippen molar-refractivity contribution in [3.05, 3.63) is 76.5 Å². The van der Waals surface area contributed by atoms with Crippen LogP contribution in [-0.2, 0) is 16.1 Å². The van der Waals surface area contributed by atoms with Crippen molar-refractivity contribution in [2.24, 2.45) is 0 Å². The van der Waals surface area contributed by atoms with Gasteiger partial charge in [-0.05, 0) is 60.2 Å². The highest BCUT2D eigenvalue weighted by Gasteiger charge is 2.47. The molecule has 8 heteroatoms. The summed E-state index contributed by atoms with van der Waals surface area (Å²) in [5.74, 6) is -1.07. The number of halogens is 1. The fourth-order valence-corrected chi connectivity index (χ4v) is 4.75. The molecule has 6 nitrogen and oxygen atoms in total. The molecule has 1 N–H and O–H groups in total. The zero-order chi connectivity index (χ0) is 22.1. The van der Waals surface area contributed by atoms with Crippen molar-refractivity contribution in [3.8, 4) is 0 Å². The van der Waals surface area contributed by atoms with Crippen LogP contribution < -0.4 is 5.32 Å². The van der Waals surface area contributed by atoms with Gasteiger partial charge in [0.05, 0.1) is 12.6 Å². The molecule has 1 fully saturated rings. The Kier molecular flexibility index (Phi) is 5.82. The summed E-state index contributed by atoms with van der Waals surface area (Å²) in [6, 6.07) is 10.3. The first-order chi connectivity index (χ1) is 14.8. The molecule has 2 aliphatic heterocycles. The van der Waals surface area contributed by atoms with E-state index < -0.39 is 29.0 Å². The van der Waals surface area contributed by atoms with Crippen molar-refractivity contribution in [3.63, 3.8) is 0 Å². The van der Waals surface area contributed by atoms with Crippen LogP contribution in [0.3, 0.4) is 0 Å². The molecule has 0 radical (unpaired) electrons. The van der Waals surface area contributed by atoms with Crippen molar-refractivity contribution >= 4 is 35.3 Å². The first-order valence-corrected chi connectivity index (χ1v) is 10.8. The second-order valence-corrected chi connectivity index (χ2v) is 8.74. The van der Waals surface area contributed by atoms with E-state index in [1.807, 2.05) is 32.0 Å². The normalized spacial score (nSPS) is 20.2. The summed E-state index contributed by atoms with van der Waals surface area (Å²) in [5, 5.41) is 4.00. The third-order valence-electron chi connectivity index (χ3n) is 5.51. The molecule has 1 saturated heterocycles. The third-order valence-corrected chi connectivity index (χ3v) is 6.60. The van der Waals surface area contributed by atoms with E-state index in [1.165, 1.54) is 45.8 Å². The molecule has 0 aliphatic carbocycles. The van der Waals surface area contributed by atoms with Crippen LogP contribution >= 0.6 is 11.8 Å². The lowest BCUT2D eigenvalue weighted by Gasteiger charge is -2.41. The maximum atomic E-state index is 13.2. The number of amides is 4. The molecule has 2 heterocycles. The van der Waals surface area contributed by atoms with Crippen molar-refractivity contribution in [2.75, 3.05) is 11.9 Å². The van der Waals surface area contributed by atoms with Crippen LogP contribution in [0.5, 0.6) is 0 Å². The van der Waals surface area contributed by atoms with Gasteiger partial charge < -0.3 is 10.2 Å². The van der Waals surface area contributed by atoms with Gasteiger partial charge in [0.15, 0.2) is 0 Å². The first kappa shape index (κ1) is 21.1. The van der Waals surface area contributed by atoms with Gasteiger partial charge in [-0.25, -0.2) is 9.18 Å². The lowest BCUT2D eigenvalue weighted by molar-refractivity contribution is -0.132. The number of anilines is 1. The number of nitrogens with one attached hydrogen (secondary N) is 1. The van der Waals surface area contributed by atoms with E-state index in [9.17, 15) is 18.8 Å². The van der Waals surface area contributed by atoms with Gasteiger partial charge in [0.25, 0.3) is 0 Å². The highest BCUT2D eigenvalue weighted by atomic mass is 32.2. The van der Waals surface area contributed by atoms with E-state index in [-0.39, 0.29) is 19.0 Å². The average molecular weight is 440 g/mol. The van der Waals surface area contributed by atoms with Crippen LogP contribution in [0.1, 0.15) is 16.7 Å². The average Bonchev–Trinajstić information content (AvgIpc) is 3.23. The Morgan fingerprint density at radius 3 is 2.55 bits per heavy atom. The molecule has 0 aromatic heterocycles. The molecular weight excluding hydrogens is 417 g/mol. The fraction of sp³-hybridized carbons (Fsp3) is 0.261.